The SMILES string of the molecule is CCOP(OCC)OC1(C(=O)OC)C[C@H](OC(C)=O)[C@@H](NC(C)=O)[C@H]([C@H](OC(C)=O)[C@@H](COC(C)=O)OC(C)=O)O1. The minimum absolute atomic E-state index is 0.112. The highest BCUT2D eigenvalue weighted by atomic mass is 31.2. The van der Waals surface area contributed by atoms with Gasteiger partial charge in [-0.15, -0.1) is 0 Å². The van der Waals surface area contributed by atoms with Gasteiger partial charge in [0.05, 0.1) is 32.8 Å². The minimum atomic E-state index is -2.41. The topological polar surface area (TPSA) is 198 Å². The van der Waals surface area contributed by atoms with Gasteiger partial charge in [-0.05, 0) is 13.8 Å². The second kappa shape index (κ2) is 17.1. The average molecular weight is 612 g/mol. The zero-order valence-corrected chi connectivity index (χ0v) is 25.2. The first-order valence-corrected chi connectivity index (χ1v) is 13.7. The molecule has 1 unspecified atom stereocenters. The molecule has 1 saturated heterocycles. The smallest absolute Gasteiger partial charge is 0.367 e. The predicted molar refractivity (Wildman–Crippen MR) is 136 cm³/mol. The highest BCUT2D eigenvalue weighted by Crippen LogP contribution is 2.49. The molecule has 0 aromatic rings. The number of ether oxygens (including phenoxy) is 6. The van der Waals surface area contributed by atoms with Crippen LogP contribution in [0.2, 0.25) is 0 Å². The number of esters is 5. The van der Waals surface area contributed by atoms with Crippen LogP contribution < -0.4 is 5.32 Å². The Labute approximate surface area is 238 Å². The van der Waals surface area contributed by atoms with Crippen LogP contribution in [0.3, 0.4) is 0 Å². The summed E-state index contributed by atoms with van der Waals surface area (Å²) in [5.41, 5.74) is 0. The number of rotatable bonds is 15. The van der Waals surface area contributed by atoms with Crippen molar-refractivity contribution in [3.05, 3.63) is 0 Å². The maximum atomic E-state index is 13.3. The van der Waals surface area contributed by atoms with Crippen LogP contribution in [0, 0.1) is 0 Å². The third kappa shape index (κ3) is 11.5. The second-order valence-corrected chi connectivity index (χ2v) is 9.73. The molecule has 0 aromatic heterocycles. The van der Waals surface area contributed by atoms with Gasteiger partial charge in [0.2, 0.25) is 5.91 Å². The molecule has 0 spiro atoms. The molecule has 17 heteroatoms. The number of carbonyl (C=O) groups excluding carboxylic acids is 6. The van der Waals surface area contributed by atoms with E-state index in [1.165, 1.54) is 0 Å². The van der Waals surface area contributed by atoms with Gasteiger partial charge in [-0.1, -0.05) is 0 Å². The number of amides is 1. The first-order chi connectivity index (χ1) is 19.2. The lowest BCUT2D eigenvalue weighted by atomic mass is 9.88. The second-order valence-electron chi connectivity index (χ2n) is 8.58. The van der Waals surface area contributed by atoms with Gasteiger partial charge in [-0.3, -0.25) is 28.5 Å². The summed E-state index contributed by atoms with van der Waals surface area (Å²) in [6.45, 7) is 8.35. The Kier molecular flexibility index (Phi) is 15.1. The quantitative estimate of drug-likeness (QED) is 0.155. The van der Waals surface area contributed by atoms with Crippen molar-refractivity contribution >= 4 is 44.4 Å². The van der Waals surface area contributed by atoms with E-state index in [4.69, 9.17) is 42.0 Å². The van der Waals surface area contributed by atoms with Gasteiger partial charge in [0.1, 0.15) is 18.8 Å². The van der Waals surface area contributed by atoms with E-state index < -0.39 is 93.6 Å². The molecular formula is C24H38NO15P. The first-order valence-electron chi connectivity index (χ1n) is 12.6. The number of hydrogen-bond donors (Lipinski definition) is 1. The maximum Gasteiger partial charge on any atom is 0.367 e. The predicted octanol–water partition coefficient (Wildman–Crippen LogP) is 0.824. The van der Waals surface area contributed by atoms with Crippen LogP contribution in [-0.4, -0.2) is 98.9 Å². The molecule has 1 rings (SSSR count). The molecule has 234 valence electrons. The zero-order valence-electron chi connectivity index (χ0n) is 24.3. The Morgan fingerprint density at radius 2 is 1.49 bits per heavy atom. The van der Waals surface area contributed by atoms with E-state index in [1.54, 1.807) is 13.8 Å². The standard InChI is InChI=1S/C24H38NO15P/c1-9-34-41(35-10-2)40-24(23(31)32-8)11-18(36-15(5)28)20(25-13(3)26)22(39-24)21(38-17(7)30)19(37-16(6)29)12-33-14(4)27/h18-22H,9-12H2,1-8H3,(H,25,26)/t18-,19+,20+,21+,22+,24?/m0/s1. The summed E-state index contributed by atoms with van der Waals surface area (Å²) >= 11 is 0. The lowest BCUT2D eigenvalue weighted by Gasteiger charge is -2.48. The normalized spacial score (nSPS) is 23.5. The minimum Gasteiger partial charge on any atom is -0.465 e. The molecule has 16 nitrogen and oxygen atoms in total. The molecule has 1 aliphatic rings. The molecule has 0 aliphatic carbocycles. The monoisotopic (exact) mass is 611 g/mol. The van der Waals surface area contributed by atoms with Crippen LogP contribution in [-0.2, 0) is 70.8 Å². The summed E-state index contributed by atoms with van der Waals surface area (Å²) in [7, 11) is -1.21. The zero-order chi connectivity index (χ0) is 31.3. The van der Waals surface area contributed by atoms with Gasteiger partial charge in [0, 0.05) is 34.6 Å². The molecule has 41 heavy (non-hydrogen) atoms. The molecule has 6 atom stereocenters. The first kappa shape index (κ1) is 36.1. The Morgan fingerprint density at radius 1 is 0.902 bits per heavy atom. The van der Waals surface area contributed by atoms with Crippen LogP contribution >= 0.6 is 8.60 Å². The molecule has 1 fully saturated rings. The van der Waals surface area contributed by atoms with Crippen molar-refractivity contribution in [2.24, 2.45) is 0 Å². The molecule has 0 radical (unpaired) electrons. The van der Waals surface area contributed by atoms with Crippen molar-refractivity contribution in [2.75, 3.05) is 26.9 Å². The van der Waals surface area contributed by atoms with Crippen LogP contribution in [0.1, 0.15) is 54.9 Å². The molecule has 0 saturated carbocycles. The molecule has 1 amide bonds. The fraction of sp³-hybridized carbons (Fsp3) is 0.750. The summed E-state index contributed by atoms with van der Waals surface area (Å²) in [6.07, 6.45) is -6.72. The maximum absolute atomic E-state index is 13.3. The van der Waals surface area contributed by atoms with Crippen molar-refractivity contribution in [3.8, 4) is 0 Å². The Bertz CT molecular complexity index is 940. The summed E-state index contributed by atoms with van der Waals surface area (Å²) in [5, 5.41) is 2.57. The lowest BCUT2D eigenvalue weighted by molar-refractivity contribution is -0.291. The molecule has 1 N–H and O–H groups in total. The fourth-order valence-electron chi connectivity index (χ4n) is 3.91. The third-order valence-electron chi connectivity index (χ3n) is 5.19. The van der Waals surface area contributed by atoms with Crippen LogP contribution in [0.15, 0.2) is 0 Å². The molecular weight excluding hydrogens is 573 g/mol. The Hall–Kier alpha value is -2.91. The van der Waals surface area contributed by atoms with E-state index in [2.05, 4.69) is 5.32 Å². The average Bonchev–Trinajstić information content (AvgIpc) is 2.85. The van der Waals surface area contributed by atoms with Gasteiger partial charge >= 0.3 is 38.4 Å². The van der Waals surface area contributed by atoms with E-state index in [0.717, 1.165) is 41.7 Å². The van der Waals surface area contributed by atoms with Crippen LogP contribution in [0.25, 0.3) is 0 Å². The van der Waals surface area contributed by atoms with Gasteiger partial charge in [-0.25, -0.2) is 4.79 Å². The Balaban J connectivity index is 3.90. The number of hydrogen-bond acceptors (Lipinski definition) is 15. The largest absolute Gasteiger partial charge is 0.465 e. The number of methoxy groups -OCH3 is 1. The van der Waals surface area contributed by atoms with Gasteiger partial charge in [-0.2, -0.15) is 0 Å². The highest BCUT2D eigenvalue weighted by molar-refractivity contribution is 7.41. The lowest BCUT2D eigenvalue weighted by Crippen LogP contribution is -2.69. The van der Waals surface area contributed by atoms with Crippen molar-refractivity contribution in [3.63, 3.8) is 0 Å². The molecule has 1 aliphatic heterocycles. The van der Waals surface area contributed by atoms with E-state index >= 15 is 0 Å². The molecule has 1 heterocycles. The Morgan fingerprint density at radius 3 is 1.93 bits per heavy atom. The highest BCUT2D eigenvalue weighted by Gasteiger charge is 2.60. The number of nitrogens with one attached hydrogen (secondary N) is 1. The van der Waals surface area contributed by atoms with Gasteiger partial charge < -0.3 is 42.8 Å². The summed E-state index contributed by atoms with van der Waals surface area (Å²) in [5.74, 6) is -7.45. The van der Waals surface area contributed by atoms with Gasteiger partial charge in [0.15, 0.2) is 12.2 Å². The molecule has 0 aromatic carbocycles. The third-order valence-corrected chi connectivity index (χ3v) is 6.57. The summed E-state index contributed by atoms with van der Waals surface area (Å²) in [6, 6.07) is -1.32. The van der Waals surface area contributed by atoms with Crippen molar-refractivity contribution in [1.29, 1.82) is 0 Å². The fourth-order valence-corrected chi connectivity index (χ4v) is 4.95. The van der Waals surface area contributed by atoms with Crippen molar-refractivity contribution in [2.45, 2.75) is 91.1 Å². The van der Waals surface area contributed by atoms with E-state index in [9.17, 15) is 28.8 Å². The number of carbonyl (C=O) groups is 6. The summed E-state index contributed by atoms with van der Waals surface area (Å²) < 4.78 is 49.2. The summed E-state index contributed by atoms with van der Waals surface area (Å²) in [4.78, 5) is 73.5. The molecule has 0 bridgehead atoms. The van der Waals surface area contributed by atoms with Crippen LogP contribution in [0.5, 0.6) is 0 Å². The van der Waals surface area contributed by atoms with Crippen molar-refractivity contribution < 1.29 is 70.8 Å². The van der Waals surface area contributed by atoms with E-state index in [-0.39, 0.29) is 13.2 Å². The van der Waals surface area contributed by atoms with E-state index in [1.807, 2.05) is 0 Å². The van der Waals surface area contributed by atoms with E-state index in [0.29, 0.717) is 0 Å². The van der Waals surface area contributed by atoms with Crippen LogP contribution in [0.4, 0.5) is 0 Å². The van der Waals surface area contributed by atoms with Crippen molar-refractivity contribution in [1.82, 2.24) is 5.32 Å². The van der Waals surface area contributed by atoms with Gasteiger partial charge in [0.25, 0.3) is 5.79 Å².